The molecule has 1 saturated heterocycles. The van der Waals surface area contributed by atoms with Crippen molar-refractivity contribution in [3.8, 4) is 0 Å². The van der Waals surface area contributed by atoms with Crippen molar-refractivity contribution in [1.82, 2.24) is 4.90 Å². The van der Waals surface area contributed by atoms with Crippen molar-refractivity contribution in [3.63, 3.8) is 0 Å². The molecule has 2 aromatic carbocycles. The fourth-order valence-electron chi connectivity index (χ4n) is 4.80. The molecule has 5 rings (SSSR count). The van der Waals surface area contributed by atoms with E-state index in [-0.39, 0.29) is 23.7 Å². The third-order valence-electron chi connectivity index (χ3n) is 5.93. The van der Waals surface area contributed by atoms with Crippen LogP contribution >= 0.6 is 0 Å². The van der Waals surface area contributed by atoms with Crippen LogP contribution in [0.15, 0.2) is 54.6 Å². The Morgan fingerprint density at radius 1 is 1.04 bits per heavy atom. The highest BCUT2D eigenvalue weighted by Gasteiger charge is 2.51. The number of hydrogen-bond donors (Lipinski definition) is 0. The van der Waals surface area contributed by atoms with E-state index in [1.165, 1.54) is 21.2 Å². The number of nitrogens with zero attached hydrogens (tertiary/aromatic N) is 1. The van der Waals surface area contributed by atoms with E-state index in [4.69, 9.17) is 4.74 Å². The van der Waals surface area contributed by atoms with E-state index >= 15 is 0 Å². The number of carbonyl (C=O) groups is 2. The molecule has 1 heterocycles. The molecule has 4 unspecified atom stereocenters. The van der Waals surface area contributed by atoms with E-state index in [1.807, 2.05) is 12.1 Å². The van der Waals surface area contributed by atoms with Gasteiger partial charge in [-0.2, -0.15) is 0 Å². The number of benzene rings is 2. The Morgan fingerprint density at radius 3 is 2.64 bits per heavy atom. The van der Waals surface area contributed by atoms with Crippen LogP contribution in [0, 0.1) is 17.8 Å². The second-order valence-corrected chi connectivity index (χ2v) is 7.21. The Kier molecular flexibility index (Phi) is 3.20. The predicted molar refractivity (Wildman–Crippen MR) is 94.0 cm³/mol. The molecule has 2 amide bonds. The Bertz CT molecular complexity index is 903. The van der Waals surface area contributed by atoms with Crippen molar-refractivity contribution in [2.75, 3.05) is 13.2 Å². The zero-order valence-electron chi connectivity index (χ0n) is 13.8. The molecular formula is C21H19NO3. The van der Waals surface area contributed by atoms with Crippen molar-refractivity contribution in [3.05, 3.63) is 60.2 Å². The van der Waals surface area contributed by atoms with Gasteiger partial charge in [-0.25, -0.2) is 9.69 Å². The Balaban J connectivity index is 1.54. The quantitative estimate of drug-likeness (QED) is 0.787. The molecule has 1 aliphatic heterocycles. The molecule has 2 aliphatic carbocycles. The second kappa shape index (κ2) is 5.45. The van der Waals surface area contributed by atoms with Gasteiger partial charge in [0.2, 0.25) is 5.91 Å². The fourth-order valence-corrected chi connectivity index (χ4v) is 4.80. The van der Waals surface area contributed by atoms with Gasteiger partial charge in [0.05, 0.1) is 12.5 Å². The predicted octanol–water partition coefficient (Wildman–Crippen LogP) is 3.72. The average Bonchev–Trinajstić information content (AvgIpc) is 3.36. The number of carbonyl (C=O) groups excluding carboxylic acids is 2. The van der Waals surface area contributed by atoms with Crippen LogP contribution in [0.5, 0.6) is 0 Å². The van der Waals surface area contributed by atoms with Crippen molar-refractivity contribution >= 4 is 22.8 Å². The standard InChI is InChI=1S/C21H19NO3/c23-20(22-9-10-25-21(22)24)19-17-8-7-16(12-17)18(19)15-6-5-13-3-1-2-4-14(13)11-15/h1-8,11,16-19H,9-10,12H2. The molecule has 3 aliphatic rings. The highest BCUT2D eigenvalue weighted by Crippen LogP contribution is 2.54. The lowest BCUT2D eigenvalue weighted by atomic mass is 9.77. The molecule has 1 saturated carbocycles. The lowest BCUT2D eigenvalue weighted by Crippen LogP contribution is -2.40. The number of imide groups is 1. The molecule has 4 nitrogen and oxygen atoms in total. The SMILES string of the molecule is O=C1OCCN1C(=O)C1C2C=CC(C2)C1c1ccc2ccccc2c1. The molecule has 4 heteroatoms. The van der Waals surface area contributed by atoms with Crippen LogP contribution in [0.25, 0.3) is 10.8 Å². The van der Waals surface area contributed by atoms with Crippen LogP contribution < -0.4 is 0 Å². The van der Waals surface area contributed by atoms with Gasteiger partial charge in [0.1, 0.15) is 6.61 Å². The van der Waals surface area contributed by atoms with Crippen molar-refractivity contribution < 1.29 is 14.3 Å². The maximum atomic E-state index is 13.1. The van der Waals surface area contributed by atoms with Gasteiger partial charge in [-0.3, -0.25) is 4.79 Å². The zero-order chi connectivity index (χ0) is 17.0. The number of allylic oxidation sites excluding steroid dienone is 2. The average molecular weight is 333 g/mol. The largest absolute Gasteiger partial charge is 0.447 e. The van der Waals surface area contributed by atoms with Crippen LogP contribution in [0.3, 0.4) is 0 Å². The van der Waals surface area contributed by atoms with Crippen LogP contribution in [0.4, 0.5) is 4.79 Å². The van der Waals surface area contributed by atoms with Crippen LogP contribution in [-0.2, 0) is 9.53 Å². The van der Waals surface area contributed by atoms with Crippen LogP contribution in [0.1, 0.15) is 17.9 Å². The molecule has 0 aromatic heterocycles. The van der Waals surface area contributed by atoms with Gasteiger partial charge >= 0.3 is 6.09 Å². The van der Waals surface area contributed by atoms with Crippen molar-refractivity contribution in [2.45, 2.75) is 12.3 Å². The Labute approximate surface area is 146 Å². The normalized spacial score (nSPS) is 30.2. The minimum absolute atomic E-state index is 0.0718. The number of amides is 2. The van der Waals surface area contributed by atoms with Gasteiger partial charge < -0.3 is 4.74 Å². The molecular weight excluding hydrogens is 314 g/mol. The zero-order valence-corrected chi connectivity index (χ0v) is 13.8. The summed E-state index contributed by atoms with van der Waals surface area (Å²) in [6.45, 7) is 0.682. The first kappa shape index (κ1) is 14.7. The van der Waals surface area contributed by atoms with Crippen molar-refractivity contribution in [1.29, 1.82) is 0 Å². The van der Waals surface area contributed by atoms with Gasteiger partial charge in [-0.15, -0.1) is 0 Å². The molecule has 2 bridgehead atoms. The second-order valence-electron chi connectivity index (χ2n) is 7.21. The lowest BCUT2D eigenvalue weighted by Gasteiger charge is -2.29. The minimum Gasteiger partial charge on any atom is -0.447 e. The molecule has 4 atom stereocenters. The molecule has 2 fully saturated rings. The molecule has 25 heavy (non-hydrogen) atoms. The first-order valence-electron chi connectivity index (χ1n) is 8.87. The smallest absolute Gasteiger partial charge is 0.416 e. The number of rotatable bonds is 2. The van der Waals surface area contributed by atoms with E-state index in [9.17, 15) is 9.59 Å². The van der Waals surface area contributed by atoms with Gasteiger partial charge in [-0.05, 0) is 34.6 Å². The number of hydrogen-bond acceptors (Lipinski definition) is 3. The first-order chi connectivity index (χ1) is 12.2. The topological polar surface area (TPSA) is 46.6 Å². The molecule has 0 spiro atoms. The summed E-state index contributed by atoms with van der Waals surface area (Å²) in [6.07, 6.45) is 4.91. The summed E-state index contributed by atoms with van der Waals surface area (Å²) in [5.41, 5.74) is 1.20. The van der Waals surface area contributed by atoms with E-state index in [2.05, 4.69) is 42.5 Å². The number of ether oxygens (including phenoxy) is 1. The molecule has 2 aromatic rings. The molecule has 0 radical (unpaired) electrons. The van der Waals surface area contributed by atoms with Crippen LogP contribution in [-0.4, -0.2) is 30.1 Å². The van der Waals surface area contributed by atoms with E-state index in [0.29, 0.717) is 19.1 Å². The Hall–Kier alpha value is -2.62. The van der Waals surface area contributed by atoms with E-state index < -0.39 is 6.09 Å². The fraction of sp³-hybridized carbons (Fsp3) is 0.333. The third kappa shape index (κ3) is 2.20. The third-order valence-corrected chi connectivity index (χ3v) is 5.93. The summed E-state index contributed by atoms with van der Waals surface area (Å²) in [6, 6.07) is 14.8. The minimum atomic E-state index is -0.492. The highest BCUT2D eigenvalue weighted by molar-refractivity contribution is 5.95. The summed E-state index contributed by atoms with van der Waals surface area (Å²) in [4.78, 5) is 26.2. The molecule has 0 N–H and O–H groups in total. The maximum Gasteiger partial charge on any atom is 0.416 e. The lowest BCUT2D eigenvalue weighted by molar-refractivity contribution is -0.133. The summed E-state index contributed by atoms with van der Waals surface area (Å²) < 4.78 is 4.97. The van der Waals surface area contributed by atoms with Crippen LogP contribution in [0.2, 0.25) is 0 Å². The maximum absolute atomic E-state index is 13.1. The van der Waals surface area contributed by atoms with E-state index in [1.54, 1.807) is 0 Å². The van der Waals surface area contributed by atoms with Crippen molar-refractivity contribution in [2.24, 2.45) is 17.8 Å². The monoisotopic (exact) mass is 333 g/mol. The van der Waals surface area contributed by atoms with Gasteiger partial charge in [-0.1, -0.05) is 54.6 Å². The molecule has 126 valence electrons. The van der Waals surface area contributed by atoms with E-state index in [0.717, 1.165) is 6.42 Å². The highest BCUT2D eigenvalue weighted by atomic mass is 16.6. The Morgan fingerprint density at radius 2 is 1.84 bits per heavy atom. The first-order valence-corrected chi connectivity index (χ1v) is 8.87. The number of fused-ring (bicyclic) bond motifs is 3. The summed E-state index contributed by atoms with van der Waals surface area (Å²) in [5.74, 6) is 0.501. The van der Waals surface area contributed by atoms with Gasteiger partial charge in [0.25, 0.3) is 0 Å². The number of cyclic esters (lactones) is 1. The summed E-state index contributed by atoms with van der Waals surface area (Å²) in [5, 5.41) is 2.40. The summed E-state index contributed by atoms with van der Waals surface area (Å²) in [7, 11) is 0. The van der Waals surface area contributed by atoms with Gasteiger partial charge in [0.15, 0.2) is 0 Å². The van der Waals surface area contributed by atoms with Gasteiger partial charge in [0, 0.05) is 5.92 Å². The summed E-state index contributed by atoms with van der Waals surface area (Å²) >= 11 is 0.